The molecule has 242 valence electrons. The molecule has 2 N–H and O–H groups in total. The fourth-order valence-electron chi connectivity index (χ4n) is 6.43. The lowest BCUT2D eigenvalue weighted by atomic mass is 9.80. The van der Waals surface area contributed by atoms with E-state index in [4.69, 9.17) is 9.47 Å². The number of hydrogen-bond donors (Lipinski definition) is 2. The molecule has 2 amide bonds. The smallest absolute Gasteiger partial charge is 0.407 e. The summed E-state index contributed by atoms with van der Waals surface area (Å²) in [6.07, 6.45) is -0.716. The van der Waals surface area contributed by atoms with Crippen molar-refractivity contribution in [3.05, 3.63) is 167 Å². The molecule has 7 heteroatoms. The van der Waals surface area contributed by atoms with Gasteiger partial charge in [0.1, 0.15) is 19.2 Å². The Morgan fingerprint density at radius 3 is 1.54 bits per heavy atom. The molecular weight excluding hydrogens is 600 g/mol. The quantitative estimate of drug-likeness (QED) is 0.118. The second-order valence-corrected chi connectivity index (χ2v) is 12.2. The van der Waals surface area contributed by atoms with Crippen LogP contribution in [0, 0.1) is 5.92 Å². The van der Waals surface area contributed by atoms with Gasteiger partial charge in [0, 0.05) is 22.6 Å². The Balaban J connectivity index is 1.14. The van der Waals surface area contributed by atoms with E-state index in [1.54, 1.807) is 0 Å². The first-order chi connectivity index (χ1) is 23.4. The van der Waals surface area contributed by atoms with Crippen LogP contribution in [0.15, 0.2) is 140 Å². The summed E-state index contributed by atoms with van der Waals surface area (Å²) in [6.45, 7) is 3.43. The Labute approximate surface area is 280 Å². The minimum absolute atomic E-state index is 0.101. The minimum atomic E-state index is -1.28. The standard InChI is InChI=1S/C41H38N2O5/c1-28(2)38(39(45)48-41(29-16-6-3-7-17-29,30-18-8-4-9-19-30)31-20-10-5-11-21-31)43-37(44)26-42-40(46)47-27-36-34-24-14-12-22-32(34)33-23-13-15-25-35(33)36/h3-25,28,36,38H,26-27H2,1-2H3,(H,42,46)(H,43,44)/t38-/m0/s1. The van der Waals surface area contributed by atoms with Crippen LogP contribution >= 0.6 is 0 Å². The maximum Gasteiger partial charge on any atom is 0.407 e. The van der Waals surface area contributed by atoms with Crippen molar-refractivity contribution in [2.75, 3.05) is 13.2 Å². The van der Waals surface area contributed by atoms with Crippen molar-refractivity contribution >= 4 is 18.0 Å². The summed E-state index contributed by atoms with van der Waals surface area (Å²) in [4.78, 5) is 40.0. The summed E-state index contributed by atoms with van der Waals surface area (Å²) >= 11 is 0. The number of carbonyl (C=O) groups is 3. The van der Waals surface area contributed by atoms with E-state index in [0.717, 1.165) is 38.9 Å². The fourth-order valence-corrected chi connectivity index (χ4v) is 6.43. The number of hydrogen-bond acceptors (Lipinski definition) is 5. The van der Waals surface area contributed by atoms with Crippen LogP contribution in [-0.4, -0.2) is 37.2 Å². The van der Waals surface area contributed by atoms with Crippen molar-refractivity contribution < 1.29 is 23.9 Å². The van der Waals surface area contributed by atoms with Crippen LogP contribution < -0.4 is 10.6 Å². The zero-order valence-corrected chi connectivity index (χ0v) is 27.0. The SMILES string of the molecule is CC(C)[C@H](NC(=O)CNC(=O)OCC1c2ccccc2-c2ccccc21)C(=O)OC(c1ccccc1)(c1ccccc1)c1ccccc1. The Morgan fingerprint density at radius 2 is 1.08 bits per heavy atom. The van der Waals surface area contributed by atoms with E-state index in [2.05, 4.69) is 22.8 Å². The van der Waals surface area contributed by atoms with Crippen molar-refractivity contribution in [1.82, 2.24) is 10.6 Å². The number of fused-ring (bicyclic) bond motifs is 3. The minimum Gasteiger partial charge on any atom is -0.449 e. The molecule has 0 unspecified atom stereocenters. The summed E-state index contributed by atoms with van der Waals surface area (Å²) in [7, 11) is 0. The second kappa shape index (κ2) is 14.4. The Bertz CT molecular complexity index is 1730. The normalized spacial score (nSPS) is 12.8. The predicted octanol–water partition coefficient (Wildman–Crippen LogP) is 7.20. The molecule has 7 nitrogen and oxygen atoms in total. The van der Waals surface area contributed by atoms with Gasteiger partial charge in [-0.15, -0.1) is 0 Å². The van der Waals surface area contributed by atoms with Crippen LogP contribution in [0.1, 0.15) is 47.6 Å². The zero-order chi connectivity index (χ0) is 33.5. The molecule has 1 aliphatic rings. The van der Waals surface area contributed by atoms with Crippen LogP contribution in [0.2, 0.25) is 0 Å². The lowest BCUT2D eigenvalue weighted by Crippen LogP contribution is -2.51. The molecule has 5 aromatic carbocycles. The van der Waals surface area contributed by atoms with Crippen LogP contribution in [0.5, 0.6) is 0 Å². The molecule has 1 atom stereocenters. The van der Waals surface area contributed by atoms with E-state index in [9.17, 15) is 14.4 Å². The number of ether oxygens (including phenoxy) is 2. The lowest BCUT2D eigenvalue weighted by Gasteiger charge is -2.37. The van der Waals surface area contributed by atoms with E-state index in [0.29, 0.717) is 0 Å². The molecule has 0 saturated carbocycles. The summed E-state index contributed by atoms with van der Waals surface area (Å²) in [5.74, 6) is -1.55. The molecule has 0 heterocycles. The van der Waals surface area contributed by atoms with Gasteiger partial charge in [0.15, 0.2) is 5.60 Å². The van der Waals surface area contributed by atoms with Gasteiger partial charge in [0.05, 0.1) is 0 Å². The van der Waals surface area contributed by atoms with Crippen LogP contribution in [-0.2, 0) is 24.7 Å². The fraction of sp³-hybridized carbons (Fsp3) is 0.195. The topological polar surface area (TPSA) is 93.7 Å². The van der Waals surface area contributed by atoms with Gasteiger partial charge in [-0.3, -0.25) is 4.79 Å². The third kappa shape index (κ3) is 6.58. The second-order valence-electron chi connectivity index (χ2n) is 12.2. The average Bonchev–Trinajstić information content (AvgIpc) is 3.45. The number of carbonyl (C=O) groups excluding carboxylic acids is 3. The van der Waals surface area contributed by atoms with Gasteiger partial charge in [0.25, 0.3) is 0 Å². The molecule has 6 rings (SSSR count). The lowest BCUT2D eigenvalue weighted by molar-refractivity contribution is -0.158. The van der Waals surface area contributed by atoms with Gasteiger partial charge >= 0.3 is 12.1 Å². The summed E-state index contributed by atoms with van der Waals surface area (Å²) in [5.41, 5.74) is 5.47. The van der Waals surface area contributed by atoms with Gasteiger partial charge in [-0.05, 0) is 28.2 Å². The van der Waals surface area contributed by atoms with Gasteiger partial charge in [0.2, 0.25) is 5.91 Å². The molecule has 0 aromatic heterocycles. The molecule has 0 saturated heterocycles. The number of benzene rings is 5. The highest BCUT2D eigenvalue weighted by Crippen LogP contribution is 2.44. The first kappa shape index (κ1) is 32.3. The molecule has 0 fully saturated rings. The predicted molar refractivity (Wildman–Crippen MR) is 185 cm³/mol. The van der Waals surface area contributed by atoms with Gasteiger partial charge in [-0.25, -0.2) is 9.59 Å². The molecule has 0 spiro atoms. The monoisotopic (exact) mass is 638 g/mol. The third-order valence-corrected chi connectivity index (χ3v) is 8.77. The maximum atomic E-state index is 14.1. The average molecular weight is 639 g/mol. The molecular formula is C41H38N2O5. The Morgan fingerprint density at radius 1 is 0.646 bits per heavy atom. The zero-order valence-electron chi connectivity index (χ0n) is 27.0. The maximum absolute atomic E-state index is 14.1. The summed E-state index contributed by atoms with van der Waals surface area (Å²) in [5, 5.41) is 5.33. The molecule has 0 bridgehead atoms. The highest BCUT2D eigenvalue weighted by molar-refractivity contribution is 5.88. The van der Waals surface area contributed by atoms with Crippen molar-refractivity contribution in [2.45, 2.75) is 31.4 Å². The van der Waals surface area contributed by atoms with Gasteiger partial charge < -0.3 is 20.1 Å². The summed E-state index contributed by atoms with van der Waals surface area (Å²) < 4.78 is 12.1. The van der Waals surface area contributed by atoms with Gasteiger partial charge in [-0.2, -0.15) is 0 Å². The summed E-state index contributed by atoms with van der Waals surface area (Å²) in [6, 6.07) is 43.9. The highest BCUT2D eigenvalue weighted by atomic mass is 16.6. The number of esters is 1. The molecule has 0 radical (unpaired) electrons. The van der Waals surface area contributed by atoms with Crippen LogP contribution in [0.25, 0.3) is 11.1 Å². The third-order valence-electron chi connectivity index (χ3n) is 8.77. The van der Waals surface area contributed by atoms with Crippen molar-refractivity contribution in [2.24, 2.45) is 5.92 Å². The number of nitrogens with one attached hydrogen (secondary N) is 2. The van der Waals surface area contributed by atoms with E-state index in [1.807, 2.05) is 141 Å². The number of amides is 2. The Hall–Kier alpha value is -5.69. The molecule has 48 heavy (non-hydrogen) atoms. The van der Waals surface area contributed by atoms with E-state index in [1.165, 1.54) is 0 Å². The van der Waals surface area contributed by atoms with E-state index >= 15 is 0 Å². The number of rotatable bonds is 11. The first-order valence-corrected chi connectivity index (χ1v) is 16.2. The molecule has 5 aromatic rings. The van der Waals surface area contributed by atoms with Crippen molar-refractivity contribution in [3.63, 3.8) is 0 Å². The van der Waals surface area contributed by atoms with Crippen molar-refractivity contribution in [1.29, 1.82) is 0 Å². The largest absolute Gasteiger partial charge is 0.449 e. The van der Waals surface area contributed by atoms with Gasteiger partial charge in [-0.1, -0.05) is 153 Å². The molecule has 0 aliphatic heterocycles. The van der Waals surface area contributed by atoms with E-state index < -0.39 is 29.6 Å². The van der Waals surface area contributed by atoms with Crippen LogP contribution in [0.4, 0.5) is 4.79 Å². The Kier molecular flexibility index (Phi) is 9.67. The number of alkyl carbamates (subject to hydrolysis) is 1. The van der Waals surface area contributed by atoms with Crippen molar-refractivity contribution in [3.8, 4) is 11.1 Å². The van der Waals surface area contributed by atoms with E-state index in [-0.39, 0.29) is 25.0 Å². The molecule has 1 aliphatic carbocycles. The highest BCUT2D eigenvalue weighted by Gasteiger charge is 2.42. The first-order valence-electron chi connectivity index (χ1n) is 16.2. The van der Waals surface area contributed by atoms with Crippen LogP contribution in [0.3, 0.4) is 0 Å².